The van der Waals surface area contributed by atoms with Gasteiger partial charge < -0.3 is 4.90 Å². The zero-order valence-corrected chi connectivity index (χ0v) is 9.14. The molecule has 0 aromatic heterocycles. The zero-order valence-electron chi connectivity index (χ0n) is 8.39. The summed E-state index contributed by atoms with van der Waals surface area (Å²) in [6.07, 6.45) is 2.16. The van der Waals surface area contributed by atoms with Gasteiger partial charge in [0.05, 0.1) is 0 Å². The van der Waals surface area contributed by atoms with Crippen LogP contribution >= 0.6 is 11.6 Å². The number of rotatable bonds is 2. The van der Waals surface area contributed by atoms with E-state index in [0.717, 1.165) is 11.6 Å². The Labute approximate surface area is 85.1 Å². The second-order valence-corrected chi connectivity index (χ2v) is 4.90. The molecule has 13 heavy (non-hydrogen) atoms. The molecule has 0 N–H and O–H groups in total. The van der Waals surface area contributed by atoms with Crippen LogP contribution in [0.5, 0.6) is 0 Å². The van der Waals surface area contributed by atoms with E-state index in [1.807, 2.05) is 0 Å². The van der Waals surface area contributed by atoms with Crippen LogP contribution in [0.3, 0.4) is 0 Å². The van der Waals surface area contributed by atoms with Gasteiger partial charge in [0.2, 0.25) is 0 Å². The maximum atomic E-state index is 5.96. The third kappa shape index (κ3) is 2.06. The molecule has 1 aliphatic heterocycles. The van der Waals surface area contributed by atoms with Crippen molar-refractivity contribution in [2.24, 2.45) is 5.41 Å². The van der Waals surface area contributed by atoms with Gasteiger partial charge in [-0.2, -0.15) is 0 Å². The summed E-state index contributed by atoms with van der Waals surface area (Å²) in [4.78, 5) is 4.88. The van der Waals surface area contributed by atoms with Crippen molar-refractivity contribution in [3.8, 4) is 0 Å². The molecule has 74 valence electrons. The third-order valence-electron chi connectivity index (χ3n) is 3.06. The first-order chi connectivity index (χ1) is 6.10. The molecule has 0 unspecified atom stereocenters. The average molecular weight is 201 g/mol. The second-order valence-electron chi connectivity index (χ2n) is 4.49. The van der Waals surface area contributed by atoms with Crippen LogP contribution in [-0.4, -0.2) is 49.6 Å². The molecule has 0 aromatic carbocycles. The topological polar surface area (TPSA) is 6.48 Å². The van der Waals surface area contributed by atoms with E-state index in [2.05, 4.69) is 29.8 Å². The molecule has 0 radical (unpaired) electrons. The molecule has 2 rings (SSSR count). The minimum absolute atomic E-state index is 0.220. The summed E-state index contributed by atoms with van der Waals surface area (Å²) >= 11 is 5.96. The minimum Gasteiger partial charge on any atom is -0.304 e. The Morgan fingerprint density at radius 3 is 2.38 bits per heavy atom. The molecule has 0 bridgehead atoms. The van der Waals surface area contributed by atoms with Crippen LogP contribution in [-0.2, 0) is 0 Å². The van der Waals surface area contributed by atoms with Gasteiger partial charge in [-0.05, 0) is 14.0 Å². The molecular formula is C10H17ClN2. The number of nitrogens with zero attached hydrogens (tertiary/aromatic N) is 2. The van der Waals surface area contributed by atoms with Gasteiger partial charge >= 0.3 is 0 Å². The molecule has 1 atom stereocenters. The van der Waals surface area contributed by atoms with Gasteiger partial charge in [-0.3, -0.25) is 4.90 Å². The van der Waals surface area contributed by atoms with Crippen molar-refractivity contribution >= 4 is 11.6 Å². The Kier molecular flexibility index (Phi) is 2.39. The Balaban J connectivity index is 1.77. The molecule has 0 saturated carbocycles. The van der Waals surface area contributed by atoms with Crippen LogP contribution in [0.4, 0.5) is 0 Å². The molecule has 1 aliphatic carbocycles. The van der Waals surface area contributed by atoms with Crippen LogP contribution < -0.4 is 0 Å². The second kappa shape index (κ2) is 3.26. The molecule has 0 aromatic rings. The lowest BCUT2D eigenvalue weighted by atomic mass is 10.1. The zero-order chi connectivity index (χ0) is 9.47. The van der Waals surface area contributed by atoms with Crippen LogP contribution in [0.25, 0.3) is 0 Å². The lowest BCUT2D eigenvalue weighted by Gasteiger charge is -2.34. The highest BCUT2D eigenvalue weighted by Crippen LogP contribution is 2.46. The molecule has 3 heteroatoms. The summed E-state index contributed by atoms with van der Waals surface area (Å²) in [6, 6.07) is 0. The highest BCUT2D eigenvalue weighted by molar-refractivity contribution is 6.33. The van der Waals surface area contributed by atoms with Crippen LogP contribution in [0, 0.1) is 5.41 Å². The molecule has 2 nitrogen and oxygen atoms in total. The highest BCUT2D eigenvalue weighted by atomic mass is 35.5. The van der Waals surface area contributed by atoms with Crippen LogP contribution in [0.2, 0.25) is 0 Å². The summed E-state index contributed by atoms with van der Waals surface area (Å²) in [5.41, 5.74) is 0.220. The van der Waals surface area contributed by atoms with E-state index in [4.69, 9.17) is 11.6 Å². The van der Waals surface area contributed by atoms with E-state index in [1.54, 1.807) is 0 Å². The number of hydrogen-bond donors (Lipinski definition) is 0. The fourth-order valence-corrected chi connectivity index (χ4v) is 2.14. The van der Waals surface area contributed by atoms with Crippen molar-refractivity contribution in [3.05, 3.63) is 11.1 Å². The molecule has 0 spiro atoms. The smallest absolute Gasteiger partial charge is 0.0350 e. The van der Waals surface area contributed by atoms with Gasteiger partial charge in [-0.1, -0.05) is 17.7 Å². The maximum absolute atomic E-state index is 5.96. The molecular weight excluding hydrogens is 184 g/mol. The molecule has 1 fully saturated rings. The van der Waals surface area contributed by atoms with E-state index in [-0.39, 0.29) is 5.41 Å². The molecule has 0 amide bonds. The van der Waals surface area contributed by atoms with Crippen molar-refractivity contribution in [3.63, 3.8) is 0 Å². The van der Waals surface area contributed by atoms with Crippen molar-refractivity contribution in [2.45, 2.75) is 6.92 Å². The van der Waals surface area contributed by atoms with Crippen molar-refractivity contribution in [2.75, 3.05) is 39.8 Å². The summed E-state index contributed by atoms with van der Waals surface area (Å²) < 4.78 is 0. The third-order valence-corrected chi connectivity index (χ3v) is 3.60. The monoisotopic (exact) mass is 200 g/mol. The fraction of sp³-hybridized carbons (Fsp3) is 0.800. The first-order valence-corrected chi connectivity index (χ1v) is 5.28. The molecule has 1 heterocycles. The van der Waals surface area contributed by atoms with E-state index < -0.39 is 0 Å². The van der Waals surface area contributed by atoms with Crippen LogP contribution in [0.1, 0.15) is 6.92 Å². The normalized spacial score (nSPS) is 36.1. The molecule has 2 aliphatic rings. The largest absolute Gasteiger partial charge is 0.304 e. The van der Waals surface area contributed by atoms with E-state index in [0.29, 0.717) is 0 Å². The predicted molar refractivity (Wildman–Crippen MR) is 56.0 cm³/mol. The van der Waals surface area contributed by atoms with Crippen molar-refractivity contribution < 1.29 is 0 Å². The molecule has 1 saturated heterocycles. The van der Waals surface area contributed by atoms with Crippen molar-refractivity contribution in [1.29, 1.82) is 0 Å². The first-order valence-electron chi connectivity index (χ1n) is 4.90. The Morgan fingerprint density at radius 1 is 1.38 bits per heavy atom. The van der Waals surface area contributed by atoms with E-state index >= 15 is 0 Å². The highest BCUT2D eigenvalue weighted by Gasteiger charge is 2.39. The summed E-state index contributed by atoms with van der Waals surface area (Å²) in [5.74, 6) is 0. The standard InChI is InChI=1S/C10H17ClN2/c1-10(7-9(10)11)8-13-5-3-12(2)4-6-13/h7H,3-6,8H2,1-2H3/t10-/m0/s1. The van der Waals surface area contributed by atoms with Crippen molar-refractivity contribution in [1.82, 2.24) is 9.80 Å². The Morgan fingerprint density at radius 2 is 1.92 bits per heavy atom. The quantitative estimate of drug-likeness (QED) is 0.665. The van der Waals surface area contributed by atoms with Gasteiger partial charge in [0.25, 0.3) is 0 Å². The SMILES string of the molecule is CN1CCN(C[C@]2(C)C=C2Cl)CC1. The number of halogens is 1. The maximum Gasteiger partial charge on any atom is 0.0350 e. The first kappa shape index (κ1) is 9.50. The fourth-order valence-electron chi connectivity index (χ4n) is 1.84. The van der Waals surface area contributed by atoms with Gasteiger partial charge in [0, 0.05) is 43.2 Å². The lowest BCUT2D eigenvalue weighted by Crippen LogP contribution is -2.46. The average Bonchev–Trinajstić information content (AvgIpc) is 2.65. The lowest BCUT2D eigenvalue weighted by molar-refractivity contribution is 0.138. The number of likely N-dealkylation sites (N-methyl/N-ethyl adjacent to an activating group) is 1. The van der Waals surface area contributed by atoms with Crippen LogP contribution in [0.15, 0.2) is 11.1 Å². The Bertz CT molecular complexity index is 231. The van der Waals surface area contributed by atoms with Gasteiger partial charge in [-0.15, -0.1) is 0 Å². The minimum atomic E-state index is 0.220. The van der Waals surface area contributed by atoms with E-state index in [1.165, 1.54) is 26.2 Å². The predicted octanol–water partition coefficient (Wildman–Crippen LogP) is 1.38. The Hall–Kier alpha value is -0.0500. The van der Waals surface area contributed by atoms with Gasteiger partial charge in [0.15, 0.2) is 0 Å². The number of hydrogen-bond acceptors (Lipinski definition) is 2. The van der Waals surface area contributed by atoms with E-state index in [9.17, 15) is 0 Å². The number of piperazine rings is 1. The van der Waals surface area contributed by atoms with Gasteiger partial charge in [-0.25, -0.2) is 0 Å². The van der Waals surface area contributed by atoms with Gasteiger partial charge in [0.1, 0.15) is 0 Å². The summed E-state index contributed by atoms with van der Waals surface area (Å²) in [5, 5.41) is 1.05. The summed E-state index contributed by atoms with van der Waals surface area (Å²) in [6.45, 7) is 8.07. The summed E-state index contributed by atoms with van der Waals surface area (Å²) in [7, 11) is 2.18.